The van der Waals surface area contributed by atoms with Gasteiger partial charge in [-0.15, -0.1) is 0 Å². The van der Waals surface area contributed by atoms with E-state index in [0.29, 0.717) is 4.47 Å². The molecule has 94 valence electrons. The van der Waals surface area contributed by atoms with Crippen molar-refractivity contribution in [2.75, 3.05) is 6.61 Å². The van der Waals surface area contributed by atoms with Gasteiger partial charge in [0.2, 0.25) is 10.0 Å². The SMILES string of the molecule is O=C(O)[C@@H](CO)NS(=O)(=O)c1cncc(Br)c1. The number of aliphatic hydroxyl groups is 1. The van der Waals surface area contributed by atoms with E-state index in [2.05, 4.69) is 20.9 Å². The van der Waals surface area contributed by atoms with E-state index >= 15 is 0 Å². The summed E-state index contributed by atoms with van der Waals surface area (Å²) in [6.07, 6.45) is 2.46. The van der Waals surface area contributed by atoms with Gasteiger partial charge in [0.1, 0.15) is 10.9 Å². The Labute approximate surface area is 106 Å². The standard InChI is InChI=1S/C8H9BrN2O5S/c9-5-1-6(3-10-2-5)17(15,16)11-7(4-12)8(13)14/h1-3,7,11-12H,4H2,(H,13,14)/t7-/m1/s1. The maximum Gasteiger partial charge on any atom is 0.324 e. The number of hydrogen-bond donors (Lipinski definition) is 3. The molecule has 0 saturated carbocycles. The van der Waals surface area contributed by atoms with Crippen LogP contribution in [-0.4, -0.2) is 42.2 Å². The lowest BCUT2D eigenvalue weighted by Crippen LogP contribution is -2.43. The Bertz CT molecular complexity index is 518. The number of hydrogen-bond acceptors (Lipinski definition) is 5. The van der Waals surface area contributed by atoms with Crippen LogP contribution in [0.1, 0.15) is 0 Å². The molecule has 0 spiro atoms. The highest BCUT2D eigenvalue weighted by Crippen LogP contribution is 2.14. The molecule has 0 aliphatic heterocycles. The molecule has 0 unspecified atom stereocenters. The van der Waals surface area contributed by atoms with E-state index in [1.54, 1.807) is 0 Å². The summed E-state index contributed by atoms with van der Waals surface area (Å²) in [5, 5.41) is 17.4. The molecule has 3 N–H and O–H groups in total. The van der Waals surface area contributed by atoms with E-state index in [1.807, 2.05) is 4.72 Å². The van der Waals surface area contributed by atoms with Gasteiger partial charge in [-0.25, -0.2) is 8.42 Å². The van der Waals surface area contributed by atoms with Crippen molar-refractivity contribution in [3.8, 4) is 0 Å². The molecule has 7 nitrogen and oxygen atoms in total. The fraction of sp³-hybridized carbons (Fsp3) is 0.250. The number of carbonyl (C=O) groups is 1. The molecule has 1 atom stereocenters. The van der Waals surface area contributed by atoms with E-state index in [9.17, 15) is 13.2 Å². The number of aliphatic carboxylic acids is 1. The highest BCUT2D eigenvalue weighted by Gasteiger charge is 2.24. The summed E-state index contributed by atoms with van der Waals surface area (Å²) in [7, 11) is -4.02. The van der Waals surface area contributed by atoms with Gasteiger partial charge in [0.25, 0.3) is 0 Å². The number of nitrogens with zero attached hydrogens (tertiary/aromatic N) is 1. The van der Waals surface area contributed by atoms with Crippen molar-refractivity contribution in [1.29, 1.82) is 0 Å². The monoisotopic (exact) mass is 324 g/mol. The number of aliphatic hydroxyl groups excluding tert-OH is 1. The minimum atomic E-state index is -4.02. The van der Waals surface area contributed by atoms with Gasteiger partial charge in [-0.05, 0) is 22.0 Å². The van der Waals surface area contributed by atoms with E-state index in [4.69, 9.17) is 10.2 Å². The molecule has 1 rings (SSSR count). The summed E-state index contributed by atoms with van der Waals surface area (Å²) in [6.45, 7) is -0.837. The van der Waals surface area contributed by atoms with Crippen LogP contribution >= 0.6 is 15.9 Å². The van der Waals surface area contributed by atoms with Crippen LogP contribution in [0.5, 0.6) is 0 Å². The average Bonchev–Trinajstić information content (AvgIpc) is 2.25. The predicted octanol–water partition coefficient (Wildman–Crippen LogP) is -0.432. The minimum absolute atomic E-state index is 0.188. The molecule has 1 heterocycles. The zero-order chi connectivity index (χ0) is 13.1. The Morgan fingerprint density at radius 2 is 2.18 bits per heavy atom. The number of pyridine rings is 1. The summed E-state index contributed by atoms with van der Waals surface area (Å²) in [5.41, 5.74) is 0. The Balaban J connectivity index is 3.00. The van der Waals surface area contributed by atoms with Gasteiger partial charge in [0, 0.05) is 16.9 Å². The second kappa shape index (κ2) is 5.54. The maximum absolute atomic E-state index is 11.7. The molecule has 17 heavy (non-hydrogen) atoms. The number of halogens is 1. The topological polar surface area (TPSA) is 117 Å². The second-order valence-electron chi connectivity index (χ2n) is 3.03. The molecule has 0 saturated heterocycles. The van der Waals surface area contributed by atoms with Crippen molar-refractivity contribution in [3.63, 3.8) is 0 Å². The quantitative estimate of drug-likeness (QED) is 0.676. The molecular formula is C8H9BrN2O5S. The Hall–Kier alpha value is -1.03. The molecular weight excluding hydrogens is 316 g/mol. The summed E-state index contributed by atoms with van der Waals surface area (Å²) < 4.78 is 25.7. The molecule has 0 fully saturated rings. The van der Waals surface area contributed by atoms with Crippen LogP contribution in [0.25, 0.3) is 0 Å². The normalized spacial score (nSPS) is 13.3. The molecule has 1 aromatic rings. The first-order valence-electron chi connectivity index (χ1n) is 4.33. The third-order valence-corrected chi connectivity index (χ3v) is 3.64. The van der Waals surface area contributed by atoms with Gasteiger partial charge in [-0.3, -0.25) is 9.78 Å². The Morgan fingerprint density at radius 3 is 2.65 bits per heavy atom. The van der Waals surface area contributed by atoms with Crippen molar-refractivity contribution in [2.24, 2.45) is 0 Å². The number of nitrogens with one attached hydrogen (secondary N) is 1. The first-order chi connectivity index (χ1) is 7.86. The first-order valence-corrected chi connectivity index (χ1v) is 6.61. The number of sulfonamides is 1. The number of aromatic nitrogens is 1. The van der Waals surface area contributed by atoms with Gasteiger partial charge in [0.15, 0.2) is 0 Å². The van der Waals surface area contributed by atoms with Crippen molar-refractivity contribution >= 4 is 31.9 Å². The lowest BCUT2D eigenvalue weighted by Gasteiger charge is -2.11. The molecule has 0 amide bonds. The third kappa shape index (κ3) is 3.73. The van der Waals surface area contributed by atoms with E-state index in [-0.39, 0.29) is 4.90 Å². The van der Waals surface area contributed by atoms with Gasteiger partial charge < -0.3 is 10.2 Å². The smallest absolute Gasteiger partial charge is 0.324 e. The van der Waals surface area contributed by atoms with Crippen molar-refractivity contribution < 1.29 is 23.4 Å². The van der Waals surface area contributed by atoms with Crippen molar-refractivity contribution in [3.05, 3.63) is 22.9 Å². The zero-order valence-electron chi connectivity index (χ0n) is 8.37. The van der Waals surface area contributed by atoms with Gasteiger partial charge in [0.05, 0.1) is 6.61 Å². The average molecular weight is 325 g/mol. The molecule has 1 aromatic heterocycles. The molecule has 0 aliphatic carbocycles. The largest absolute Gasteiger partial charge is 0.480 e. The van der Waals surface area contributed by atoms with Crippen LogP contribution in [0.15, 0.2) is 27.8 Å². The Kier molecular flexibility index (Phi) is 4.57. The van der Waals surface area contributed by atoms with Crippen LogP contribution in [0.2, 0.25) is 0 Å². The van der Waals surface area contributed by atoms with E-state index in [1.165, 1.54) is 12.3 Å². The van der Waals surface area contributed by atoms with Crippen LogP contribution in [0.3, 0.4) is 0 Å². The number of carboxylic acids is 1. The van der Waals surface area contributed by atoms with E-state index in [0.717, 1.165) is 6.20 Å². The summed E-state index contributed by atoms with van der Waals surface area (Å²) >= 11 is 3.05. The molecule has 0 bridgehead atoms. The van der Waals surface area contributed by atoms with E-state index < -0.39 is 28.6 Å². The highest BCUT2D eigenvalue weighted by atomic mass is 79.9. The third-order valence-electron chi connectivity index (χ3n) is 1.77. The summed E-state index contributed by atoms with van der Waals surface area (Å²) in [4.78, 5) is 14.1. The molecule has 0 aliphatic rings. The predicted molar refractivity (Wildman–Crippen MR) is 60.8 cm³/mol. The zero-order valence-corrected chi connectivity index (χ0v) is 10.8. The second-order valence-corrected chi connectivity index (χ2v) is 5.66. The van der Waals surface area contributed by atoms with Crippen LogP contribution in [0.4, 0.5) is 0 Å². The van der Waals surface area contributed by atoms with Gasteiger partial charge in [-0.2, -0.15) is 4.72 Å². The van der Waals surface area contributed by atoms with Gasteiger partial charge in [-0.1, -0.05) is 0 Å². The van der Waals surface area contributed by atoms with Crippen LogP contribution in [-0.2, 0) is 14.8 Å². The minimum Gasteiger partial charge on any atom is -0.480 e. The number of carboxylic acid groups (broad SMARTS) is 1. The van der Waals surface area contributed by atoms with Crippen molar-refractivity contribution in [2.45, 2.75) is 10.9 Å². The van der Waals surface area contributed by atoms with Gasteiger partial charge >= 0.3 is 5.97 Å². The fourth-order valence-corrected chi connectivity index (χ4v) is 2.64. The fourth-order valence-electron chi connectivity index (χ4n) is 0.960. The molecule has 0 aromatic carbocycles. The molecule has 0 radical (unpaired) electrons. The lowest BCUT2D eigenvalue weighted by atomic mass is 10.3. The van der Waals surface area contributed by atoms with Crippen LogP contribution < -0.4 is 4.72 Å². The van der Waals surface area contributed by atoms with Crippen LogP contribution in [0, 0.1) is 0 Å². The maximum atomic E-state index is 11.7. The van der Waals surface area contributed by atoms with Crippen molar-refractivity contribution in [1.82, 2.24) is 9.71 Å². The Morgan fingerprint density at radius 1 is 1.53 bits per heavy atom. The molecule has 9 heteroatoms. The number of rotatable bonds is 5. The summed E-state index contributed by atoms with van der Waals surface area (Å²) in [6, 6.07) is -0.315. The summed E-state index contributed by atoms with van der Waals surface area (Å²) in [5.74, 6) is -1.46. The first kappa shape index (κ1) is 14.0. The highest BCUT2D eigenvalue weighted by molar-refractivity contribution is 9.10. The lowest BCUT2D eigenvalue weighted by molar-refractivity contribution is -0.139.